The number of aliphatic hydroxyl groups is 2. The van der Waals surface area contributed by atoms with Gasteiger partial charge in [-0.3, -0.25) is 0 Å². The third kappa shape index (κ3) is 25.0. The van der Waals surface area contributed by atoms with Gasteiger partial charge in [-0.2, -0.15) is 0 Å². The van der Waals surface area contributed by atoms with Crippen molar-refractivity contribution in [3.63, 3.8) is 0 Å². The van der Waals surface area contributed by atoms with Gasteiger partial charge in [0, 0.05) is 18.6 Å². The second-order valence-corrected chi connectivity index (χ2v) is 16.5. The van der Waals surface area contributed by atoms with E-state index < -0.39 is 12.2 Å². The molecule has 6 nitrogen and oxygen atoms in total. The molecule has 0 aliphatic carbocycles. The maximum absolute atomic E-state index is 10.4. The smallest absolute Gasteiger partial charge is 0.119 e. The lowest BCUT2D eigenvalue weighted by Gasteiger charge is -2.26. The molecule has 0 amide bonds. The second kappa shape index (κ2) is 32.9. The molecular formula is C49H84O6. The highest BCUT2D eigenvalue weighted by Gasteiger charge is 2.23. The summed E-state index contributed by atoms with van der Waals surface area (Å²) in [4.78, 5) is 0. The molecule has 0 fully saturated rings. The van der Waals surface area contributed by atoms with Crippen LogP contribution in [0.5, 0.6) is 11.5 Å². The van der Waals surface area contributed by atoms with E-state index in [0.717, 1.165) is 24.3 Å². The van der Waals surface area contributed by atoms with Crippen LogP contribution in [0.3, 0.4) is 0 Å². The van der Waals surface area contributed by atoms with Crippen LogP contribution in [0.15, 0.2) is 48.5 Å². The first-order valence-corrected chi connectivity index (χ1v) is 22.8. The van der Waals surface area contributed by atoms with Crippen LogP contribution >= 0.6 is 0 Å². The Morgan fingerprint density at radius 1 is 0.400 bits per heavy atom. The number of aliphatic hydroxyl groups excluding tert-OH is 2. The molecule has 0 spiro atoms. The van der Waals surface area contributed by atoms with Gasteiger partial charge in [-0.15, -0.1) is 0 Å². The number of benzene rings is 2. The second-order valence-electron chi connectivity index (χ2n) is 16.5. The van der Waals surface area contributed by atoms with E-state index in [2.05, 4.69) is 52.0 Å². The lowest BCUT2D eigenvalue weighted by molar-refractivity contribution is 0.0109. The predicted octanol–water partition coefficient (Wildman–Crippen LogP) is 12.9. The van der Waals surface area contributed by atoms with Crippen molar-refractivity contribution in [1.82, 2.24) is 0 Å². The summed E-state index contributed by atoms with van der Waals surface area (Å²) >= 11 is 0. The minimum Gasteiger partial charge on any atom is -0.491 e. The van der Waals surface area contributed by atoms with E-state index in [1.54, 1.807) is 0 Å². The molecule has 0 bridgehead atoms. The third-order valence-electron chi connectivity index (χ3n) is 10.9. The fourth-order valence-electron chi connectivity index (χ4n) is 7.11. The molecule has 0 radical (unpaired) electrons. The Morgan fingerprint density at radius 3 is 0.964 bits per heavy atom. The van der Waals surface area contributed by atoms with E-state index in [1.165, 1.54) is 152 Å². The summed E-state index contributed by atoms with van der Waals surface area (Å²) in [5, 5.41) is 20.7. The van der Waals surface area contributed by atoms with Crippen LogP contribution in [0.4, 0.5) is 0 Å². The van der Waals surface area contributed by atoms with Crippen molar-refractivity contribution in [2.24, 2.45) is 0 Å². The molecule has 2 aromatic rings. The van der Waals surface area contributed by atoms with E-state index in [1.807, 2.05) is 24.3 Å². The zero-order chi connectivity index (χ0) is 39.7. The molecule has 0 saturated heterocycles. The molecule has 0 saturated carbocycles. The molecule has 0 aliphatic rings. The van der Waals surface area contributed by atoms with Gasteiger partial charge in [0.15, 0.2) is 0 Å². The predicted molar refractivity (Wildman–Crippen MR) is 232 cm³/mol. The van der Waals surface area contributed by atoms with E-state index in [9.17, 15) is 10.2 Å². The van der Waals surface area contributed by atoms with Crippen molar-refractivity contribution in [3.05, 3.63) is 59.7 Å². The summed E-state index contributed by atoms with van der Waals surface area (Å²) in [6.07, 6.45) is 30.5. The maximum atomic E-state index is 10.4. The SMILES string of the molecule is CCCCCCCCCCCCCCOCC(O)COc1ccc(C(C)(C)c2ccc(OCC(O)COCCCCCCCCCCCCCC)cc2)cc1. The average molecular weight is 769 g/mol. The van der Waals surface area contributed by atoms with Gasteiger partial charge in [0.05, 0.1) is 13.2 Å². The van der Waals surface area contributed by atoms with Crippen molar-refractivity contribution in [2.45, 2.75) is 199 Å². The molecule has 316 valence electrons. The van der Waals surface area contributed by atoms with Gasteiger partial charge < -0.3 is 29.2 Å². The van der Waals surface area contributed by atoms with Crippen molar-refractivity contribution in [2.75, 3.05) is 39.6 Å². The van der Waals surface area contributed by atoms with E-state index in [0.29, 0.717) is 26.4 Å². The van der Waals surface area contributed by atoms with Crippen molar-refractivity contribution >= 4 is 0 Å². The molecule has 55 heavy (non-hydrogen) atoms. The van der Waals surface area contributed by atoms with Crippen LogP contribution < -0.4 is 9.47 Å². The first kappa shape index (κ1) is 49.0. The van der Waals surface area contributed by atoms with Crippen LogP contribution in [0.1, 0.15) is 193 Å². The number of hydrogen-bond donors (Lipinski definition) is 2. The molecule has 2 atom stereocenters. The van der Waals surface area contributed by atoms with E-state index >= 15 is 0 Å². The quantitative estimate of drug-likeness (QED) is 0.0663. The summed E-state index contributed by atoms with van der Waals surface area (Å²) in [5.41, 5.74) is 2.11. The van der Waals surface area contributed by atoms with Gasteiger partial charge in [-0.1, -0.05) is 193 Å². The number of ether oxygens (including phenoxy) is 4. The Bertz CT molecular complexity index is 1030. The largest absolute Gasteiger partial charge is 0.491 e. The Kier molecular flexibility index (Phi) is 29.3. The van der Waals surface area contributed by atoms with Crippen molar-refractivity contribution in [3.8, 4) is 11.5 Å². The molecule has 6 heteroatoms. The normalized spacial score (nSPS) is 12.9. The topological polar surface area (TPSA) is 77.4 Å². The van der Waals surface area contributed by atoms with Crippen LogP contribution in [-0.4, -0.2) is 62.1 Å². The minimum absolute atomic E-state index is 0.211. The first-order valence-electron chi connectivity index (χ1n) is 22.8. The maximum Gasteiger partial charge on any atom is 0.119 e. The highest BCUT2D eigenvalue weighted by atomic mass is 16.5. The molecule has 0 heterocycles. The summed E-state index contributed by atoms with van der Waals surface area (Å²) in [6, 6.07) is 16.2. The molecule has 2 rings (SSSR count). The summed E-state index contributed by atoms with van der Waals surface area (Å²) in [6.45, 7) is 11.4. The third-order valence-corrected chi connectivity index (χ3v) is 10.9. The summed E-state index contributed by atoms with van der Waals surface area (Å²) in [5.74, 6) is 1.47. The van der Waals surface area contributed by atoms with Gasteiger partial charge in [0.2, 0.25) is 0 Å². The van der Waals surface area contributed by atoms with E-state index in [4.69, 9.17) is 18.9 Å². The summed E-state index contributed by atoms with van der Waals surface area (Å²) < 4.78 is 23.2. The molecule has 0 aromatic heterocycles. The number of rotatable bonds is 38. The Morgan fingerprint density at radius 2 is 0.673 bits per heavy atom. The van der Waals surface area contributed by atoms with Gasteiger partial charge >= 0.3 is 0 Å². The van der Waals surface area contributed by atoms with Crippen LogP contribution in [0, 0.1) is 0 Å². The van der Waals surface area contributed by atoms with Gasteiger partial charge in [0.25, 0.3) is 0 Å². The monoisotopic (exact) mass is 769 g/mol. The van der Waals surface area contributed by atoms with Crippen molar-refractivity contribution < 1.29 is 29.2 Å². The number of unbranched alkanes of at least 4 members (excludes halogenated alkanes) is 22. The van der Waals surface area contributed by atoms with Gasteiger partial charge in [-0.05, 0) is 48.2 Å². The Labute approximate surface area is 338 Å². The lowest BCUT2D eigenvalue weighted by Crippen LogP contribution is -2.24. The van der Waals surface area contributed by atoms with E-state index in [-0.39, 0.29) is 18.6 Å². The fraction of sp³-hybridized carbons (Fsp3) is 0.755. The lowest BCUT2D eigenvalue weighted by atomic mass is 9.78. The Hall–Kier alpha value is -2.12. The van der Waals surface area contributed by atoms with Crippen LogP contribution in [0.2, 0.25) is 0 Å². The zero-order valence-electron chi connectivity index (χ0n) is 36.0. The van der Waals surface area contributed by atoms with Crippen molar-refractivity contribution in [1.29, 1.82) is 0 Å². The molecular weight excluding hydrogens is 685 g/mol. The molecule has 2 aromatic carbocycles. The Balaban J connectivity index is 1.52. The van der Waals surface area contributed by atoms with Crippen LogP contribution in [0.25, 0.3) is 0 Å². The number of hydrogen-bond acceptors (Lipinski definition) is 6. The van der Waals surface area contributed by atoms with Gasteiger partial charge in [0.1, 0.15) is 36.9 Å². The zero-order valence-corrected chi connectivity index (χ0v) is 36.0. The molecule has 0 aliphatic heterocycles. The summed E-state index contributed by atoms with van der Waals surface area (Å²) in [7, 11) is 0. The minimum atomic E-state index is -0.646. The standard InChI is InChI=1S/C49H84O6/c1-5-7-9-11-13-15-17-19-21-23-25-27-37-52-39-45(50)41-54-47-33-29-43(30-34-47)49(3,4)44-31-35-48(36-32-44)55-42-46(51)40-53-38-28-26-24-22-20-18-16-14-12-10-8-6-2/h29-36,45-46,50-51H,5-28,37-42H2,1-4H3. The molecule has 2 unspecified atom stereocenters. The van der Waals surface area contributed by atoms with Gasteiger partial charge in [-0.25, -0.2) is 0 Å². The highest BCUT2D eigenvalue weighted by Crippen LogP contribution is 2.33. The molecule has 2 N–H and O–H groups in total. The fourth-order valence-corrected chi connectivity index (χ4v) is 7.11. The van der Waals surface area contributed by atoms with Crippen LogP contribution in [-0.2, 0) is 14.9 Å². The first-order chi connectivity index (χ1) is 26.9. The highest BCUT2D eigenvalue weighted by molar-refractivity contribution is 5.41. The average Bonchev–Trinajstić information content (AvgIpc) is 3.19.